The van der Waals surface area contributed by atoms with E-state index in [-0.39, 0.29) is 28.5 Å². The molecule has 1 aromatic rings. The molecule has 0 aromatic heterocycles. The first-order chi connectivity index (χ1) is 6.27. The number of rotatable bonds is 0. The predicted octanol–water partition coefficient (Wildman–Crippen LogP) is 2.04. The monoisotopic (exact) mass is 257 g/mol. The second-order valence-corrected chi connectivity index (χ2v) is 3.18. The smallest absolute Gasteiger partial charge is 0.158 e. The van der Waals surface area contributed by atoms with Gasteiger partial charge in [-0.2, -0.15) is 0 Å². The first kappa shape index (κ1) is 11.0. The van der Waals surface area contributed by atoms with Gasteiger partial charge in [-0.1, -0.05) is 0 Å². The minimum atomic E-state index is -0.0768. The van der Waals surface area contributed by atoms with Gasteiger partial charge < -0.3 is 10.2 Å². The maximum Gasteiger partial charge on any atom is 0.158 e. The second kappa shape index (κ2) is 4.46. The number of aryl methyl sites for hydroxylation is 1. The highest BCUT2D eigenvalue weighted by Crippen LogP contribution is 2.28. The molecule has 0 unspecified atom stereocenters. The third-order valence-electron chi connectivity index (χ3n) is 2.20. The van der Waals surface area contributed by atoms with Crippen LogP contribution in [0.2, 0.25) is 0 Å². The van der Waals surface area contributed by atoms with E-state index < -0.39 is 0 Å². The van der Waals surface area contributed by atoms with E-state index in [0.29, 0.717) is 0 Å². The van der Waals surface area contributed by atoms with Gasteiger partial charge in [-0.25, -0.2) is 0 Å². The van der Waals surface area contributed by atoms with Crippen LogP contribution in [0.5, 0.6) is 11.5 Å². The lowest BCUT2D eigenvalue weighted by Gasteiger charge is -2.04. The van der Waals surface area contributed by atoms with Gasteiger partial charge in [0.1, 0.15) is 0 Å². The summed E-state index contributed by atoms with van der Waals surface area (Å²) in [5.41, 5.74) is 1.96. The van der Waals surface area contributed by atoms with Crippen LogP contribution in [0.1, 0.15) is 17.5 Å². The molecule has 0 saturated heterocycles. The molecule has 0 amide bonds. The highest BCUT2D eigenvalue weighted by atomic mass is 79.9. The number of aromatic hydroxyl groups is 2. The van der Waals surface area contributed by atoms with Crippen molar-refractivity contribution >= 4 is 23.2 Å². The second-order valence-electron chi connectivity index (χ2n) is 3.18. The minimum Gasteiger partial charge on any atom is -0.504 e. The van der Waals surface area contributed by atoms with E-state index in [1.54, 1.807) is 18.3 Å². The Hall–Kier alpha value is -1.03. The van der Waals surface area contributed by atoms with E-state index in [1.165, 1.54) is 0 Å². The molecule has 1 aliphatic heterocycles. The molecule has 0 atom stereocenters. The van der Waals surface area contributed by atoms with Gasteiger partial charge in [-0.3, -0.25) is 4.99 Å². The molecule has 1 heterocycles. The van der Waals surface area contributed by atoms with Crippen molar-refractivity contribution in [2.75, 3.05) is 6.54 Å². The Labute approximate surface area is 92.9 Å². The molecule has 1 aliphatic rings. The van der Waals surface area contributed by atoms with Crippen LogP contribution in [0.25, 0.3) is 0 Å². The molecular weight excluding hydrogens is 246 g/mol. The predicted molar refractivity (Wildman–Crippen MR) is 60.9 cm³/mol. The number of phenols is 2. The number of fused-ring (bicyclic) bond motifs is 1. The average Bonchev–Trinajstić information content (AvgIpc) is 2.31. The third-order valence-corrected chi connectivity index (χ3v) is 2.20. The van der Waals surface area contributed by atoms with Crippen LogP contribution in [-0.4, -0.2) is 23.0 Å². The summed E-state index contributed by atoms with van der Waals surface area (Å²) in [5, 5.41) is 18.5. The Morgan fingerprint density at radius 3 is 2.64 bits per heavy atom. The lowest BCUT2D eigenvalue weighted by molar-refractivity contribution is 0.403. The zero-order valence-electron chi connectivity index (χ0n) is 7.60. The minimum absolute atomic E-state index is 0. The number of phenolic OH excluding ortho intramolecular Hbond substituents is 2. The number of nitrogens with zero attached hydrogens (tertiary/aromatic N) is 1. The molecule has 0 saturated carbocycles. The molecule has 2 rings (SSSR count). The Kier molecular flexibility index (Phi) is 3.52. The summed E-state index contributed by atoms with van der Waals surface area (Å²) < 4.78 is 0. The van der Waals surface area contributed by atoms with Crippen LogP contribution in [-0.2, 0) is 6.42 Å². The third kappa shape index (κ3) is 2.07. The summed E-state index contributed by atoms with van der Waals surface area (Å²) in [6.45, 7) is 0.816. The van der Waals surface area contributed by atoms with Crippen molar-refractivity contribution in [1.82, 2.24) is 0 Å². The molecular formula is C10H12BrNO2. The molecule has 0 radical (unpaired) electrons. The largest absolute Gasteiger partial charge is 0.504 e. The van der Waals surface area contributed by atoms with E-state index in [4.69, 9.17) is 0 Å². The van der Waals surface area contributed by atoms with Crippen molar-refractivity contribution in [3.63, 3.8) is 0 Å². The summed E-state index contributed by atoms with van der Waals surface area (Å²) in [6.07, 6.45) is 3.65. The van der Waals surface area contributed by atoms with Crippen molar-refractivity contribution in [3.05, 3.63) is 23.3 Å². The maximum atomic E-state index is 9.27. The van der Waals surface area contributed by atoms with E-state index >= 15 is 0 Å². The van der Waals surface area contributed by atoms with E-state index in [0.717, 1.165) is 30.5 Å². The van der Waals surface area contributed by atoms with Gasteiger partial charge in [0, 0.05) is 12.8 Å². The van der Waals surface area contributed by atoms with E-state index in [1.807, 2.05) is 0 Å². The molecule has 0 spiro atoms. The van der Waals surface area contributed by atoms with Crippen molar-refractivity contribution in [3.8, 4) is 11.5 Å². The molecule has 3 nitrogen and oxygen atoms in total. The van der Waals surface area contributed by atoms with Crippen LogP contribution >= 0.6 is 17.0 Å². The van der Waals surface area contributed by atoms with Gasteiger partial charge in [0.2, 0.25) is 0 Å². The highest BCUT2D eigenvalue weighted by Gasteiger charge is 2.08. The normalized spacial score (nSPS) is 14.0. The highest BCUT2D eigenvalue weighted by molar-refractivity contribution is 8.93. The molecule has 1 aromatic carbocycles. The molecule has 4 heteroatoms. The number of aliphatic imine (C=N–C) groups is 1. The summed E-state index contributed by atoms with van der Waals surface area (Å²) in [5.74, 6) is -0.124. The van der Waals surface area contributed by atoms with Crippen LogP contribution in [0.15, 0.2) is 17.1 Å². The number of halogens is 1. The Morgan fingerprint density at radius 2 is 1.86 bits per heavy atom. The zero-order chi connectivity index (χ0) is 9.26. The van der Waals surface area contributed by atoms with Crippen LogP contribution in [0.4, 0.5) is 0 Å². The Bertz CT molecular complexity index is 363. The summed E-state index contributed by atoms with van der Waals surface area (Å²) >= 11 is 0. The first-order valence-corrected chi connectivity index (χ1v) is 4.32. The number of benzene rings is 1. The molecule has 76 valence electrons. The lowest BCUT2D eigenvalue weighted by atomic mass is 10.0. The quantitative estimate of drug-likeness (QED) is 0.699. The van der Waals surface area contributed by atoms with E-state index in [2.05, 4.69) is 4.99 Å². The SMILES string of the molecule is Br.Oc1cc2c(cc1O)CCCN=C2. The average molecular weight is 258 g/mol. The summed E-state index contributed by atoms with van der Waals surface area (Å²) in [7, 11) is 0. The summed E-state index contributed by atoms with van der Waals surface area (Å²) in [4.78, 5) is 4.17. The zero-order valence-corrected chi connectivity index (χ0v) is 9.32. The Morgan fingerprint density at radius 1 is 1.14 bits per heavy atom. The fourth-order valence-electron chi connectivity index (χ4n) is 1.50. The van der Waals surface area contributed by atoms with Gasteiger partial charge >= 0.3 is 0 Å². The molecule has 0 aliphatic carbocycles. The van der Waals surface area contributed by atoms with Gasteiger partial charge in [0.25, 0.3) is 0 Å². The molecule has 0 fully saturated rings. The molecule has 0 bridgehead atoms. The van der Waals surface area contributed by atoms with E-state index in [9.17, 15) is 10.2 Å². The van der Waals surface area contributed by atoms with Crippen molar-refractivity contribution in [2.24, 2.45) is 4.99 Å². The van der Waals surface area contributed by atoms with Gasteiger partial charge in [0.15, 0.2) is 11.5 Å². The fraction of sp³-hybridized carbons (Fsp3) is 0.300. The van der Waals surface area contributed by atoms with Crippen molar-refractivity contribution in [1.29, 1.82) is 0 Å². The van der Waals surface area contributed by atoms with Crippen LogP contribution in [0.3, 0.4) is 0 Å². The molecule has 14 heavy (non-hydrogen) atoms. The fourth-order valence-corrected chi connectivity index (χ4v) is 1.50. The Balaban J connectivity index is 0.000000980. The van der Waals surface area contributed by atoms with Crippen LogP contribution < -0.4 is 0 Å². The summed E-state index contributed by atoms with van der Waals surface area (Å²) in [6, 6.07) is 3.17. The van der Waals surface area contributed by atoms with Crippen molar-refractivity contribution in [2.45, 2.75) is 12.8 Å². The van der Waals surface area contributed by atoms with Gasteiger partial charge in [-0.05, 0) is 36.1 Å². The van der Waals surface area contributed by atoms with Crippen LogP contribution in [0, 0.1) is 0 Å². The number of hydrogen-bond acceptors (Lipinski definition) is 3. The number of hydrogen-bond donors (Lipinski definition) is 2. The first-order valence-electron chi connectivity index (χ1n) is 4.32. The van der Waals surface area contributed by atoms with Crippen molar-refractivity contribution < 1.29 is 10.2 Å². The maximum absolute atomic E-state index is 9.27. The lowest BCUT2D eigenvalue weighted by Crippen LogP contribution is -1.90. The van der Waals surface area contributed by atoms with Gasteiger partial charge in [-0.15, -0.1) is 17.0 Å². The standard InChI is InChI=1S/C10H11NO2.BrH/c12-9-4-7-2-1-3-11-6-8(7)5-10(9)13;/h4-6,12-13H,1-3H2;1H. The topological polar surface area (TPSA) is 52.8 Å². The van der Waals surface area contributed by atoms with Gasteiger partial charge in [0.05, 0.1) is 0 Å². The molecule has 2 N–H and O–H groups in total.